The predicted octanol–water partition coefficient (Wildman–Crippen LogP) is 4.82. The first kappa shape index (κ1) is 16.5. The standard InChI is InChI=1S/C17H20BrClN2/c1-12(2)20-10-14(13-3-6-16(19)7-4-13)9-17-8-5-15(18)11-21-17/h3-8,11-12,14,20H,9-10H2,1-2H3. The Hall–Kier alpha value is -0.900. The quantitative estimate of drug-likeness (QED) is 0.791. The molecule has 1 aromatic carbocycles. The van der Waals surface area contributed by atoms with Crippen molar-refractivity contribution in [1.82, 2.24) is 10.3 Å². The minimum absolute atomic E-state index is 0.387. The van der Waals surface area contributed by atoms with Crippen molar-refractivity contribution >= 4 is 27.5 Å². The fraction of sp³-hybridized carbons (Fsp3) is 0.353. The van der Waals surface area contributed by atoms with E-state index in [0.717, 1.165) is 28.2 Å². The zero-order valence-electron chi connectivity index (χ0n) is 12.3. The highest BCUT2D eigenvalue weighted by atomic mass is 79.9. The Morgan fingerprint density at radius 1 is 1.14 bits per heavy atom. The van der Waals surface area contributed by atoms with Crippen LogP contribution in [0.15, 0.2) is 47.1 Å². The SMILES string of the molecule is CC(C)NCC(Cc1ccc(Br)cn1)c1ccc(Cl)cc1. The van der Waals surface area contributed by atoms with Crippen LogP contribution in [0.3, 0.4) is 0 Å². The Kier molecular flexibility index (Phi) is 6.22. The summed E-state index contributed by atoms with van der Waals surface area (Å²) in [4.78, 5) is 4.49. The third-order valence-corrected chi connectivity index (χ3v) is 4.08. The van der Waals surface area contributed by atoms with Gasteiger partial charge in [0.15, 0.2) is 0 Å². The van der Waals surface area contributed by atoms with E-state index >= 15 is 0 Å². The summed E-state index contributed by atoms with van der Waals surface area (Å²) >= 11 is 9.41. The van der Waals surface area contributed by atoms with Gasteiger partial charge in [0.2, 0.25) is 0 Å². The van der Waals surface area contributed by atoms with Crippen LogP contribution in [0, 0.1) is 0 Å². The first-order valence-corrected chi connectivity index (χ1v) is 8.31. The normalized spacial score (nSPS) is 12.6. The number of halogens is 2. The summed E-state index contributed by atoms with van der Waals surface area (Å²) in [5.74, 6) is 0.387. The average molecular weight is 368 g/mol. The molecule has 1 unspecified atom stereocenters. The molecule has 0 bridgehead atoms. The van der Waals surface area contributed by atoms with E-state index in [0.29, 0.717) is 12.0 Å². The number of hydrogen-bond acceptors (Lipinski definition) is 2. The van der Waals surface area contributed by atoms with Crippen LogP contribution in [-0.4, -0.2) is 17.6 Å². The number of hydrogen-bond donors (Lipinski definition) is 1. The molecule has 0 aliphatic rings. The molecule has 0 radical (unpaired) electrons. The average Bonchev–Trinajstić information content (AvgIpc) is 2.46. The van der Waals surface area contributed by atoms with E-state index in [1.165, 1.54) is 5.56 Å². The van der Waals surface area contributed by atoms with E-state index in [2.05, 4.69) is 58.3 Å². The number of aromatic nitrogens is 1. The van der Waals surface area contributed by atoms with Crippen molar-refractivity contribution in [3.8, 4) is 0 Å². The van der Waals surface area contributed by atoms with Crippen LogP contribution < -0.4 is 5.32 Å². The molecule has 21 heavy (non-hydrogen) atoms. The lowest BCUT2D eigenvalue weighted by atomic mass is 9.93. The van der Waals surface area contributed by atoms with Crippen molar-refractivity contribution < 1.29 is 0 Å². The molecule has 0 fully saturated rings. The molecule has 1 atom stereocenters. The second-order valence-electron chi connectivity index (χ2n) is 5.48. The van der Waals surface area contributed by atoms with Crippen molar-refractivity contribution in [2.24, 2.45) is 0 Å². The second kappa shape index (κ2) is 7.92. The number of nitrogens with one attached hydrogen (secondary N) is 1. The lowest BCUT2D eigenvalue weighted by Crippen LogP contribution is -2.29. The molecule has 0 spiro atoms. The maximum Gasteiger partial charge on any atom is 0.0413 e. The van der Waals surface area contributed by atoms with Gasteiger partial charge in [0, 0.05) is 39.9 Å². The van der Waals surface area contributed by atoms with Gasteiger partial charge < -0.3 is 5.32 Å². The van der Waals surface area contributed by atoms with Gasteiger partial charge in [0.05, 0.1) is 0 Å². The predicted molar refractivity (Wildman–Crippen MR) is 93.0 cm³/mol. The largest absolute Gasteiger partial charge is 0.314 e. The Labute approximate surface area is 140 Å². The topological polar surface area (TPSA) is 24.9 Å². The summed E-state index contributed by atoms with van der Waals surface area (Å²) in [6.07, 6.45) is 2.76. The minimum Gasteiger partial charge on any atom is -0.314 e. The number of pyridine rings is 1. The van der Waals surface area contributed by atoms with Gasteiger partial charge in [-0.3, -0.25) is 4.98 Å². The fourth-order valence-corrected chi connectivity index (χ4v) is 2.56. The van der Waals surface area contributed by atoms with Gasteiger partial charge in [-0.05, 0) is 52.2 Å². The third-order valence-electron chi connectivity index (χ3n) is 3.36. The molecule has 0 aliphatic carbocycles. The Morgan fingerprint density at radius 2 is 1.86 bits per heavy atom. The minimum atomic E-state index is 0.387. The van der Waals surface area contributed by atoms with Gasteiger partial charge in [-0.15, -0.1) is 0 Å². The molecule has 0 saturated carbocycles. The molecule has 4 heteroatoms. The van der Waals surface area contributed by atoms with Crippen molar-refractivity contribution in [2.75, 3.05) is 6.54 Å². The molecule has 112 valence electrons. The molecule has 2 aromatic rings. The monoisotopic (exact) mass is 366 g/mol. The molecule has 2 nitrogen and oxygen atoms in total. The molecule has 2 rings (SSSR count). The van der Waals surface area contributed by atoms with Crippen LogP contribution in [0.1, 0.15) is 31.0 Å². The van der Waals surface area contributed by atoms with Gasteiger partial charge in [-0.25, -0.2) is 0 Å². The second-order valence-corrected chi connectivity index (χ2v) is 6.84. The van der Waals surface area contributed by atoms with E-state index < -0.39 is 0 Å². The highest BCUT2D eigenvalue weighted by Gasteiger charge is 2.14. The zero-order valence-corrected chi connectivity index (χ0v) is 14.7. The van der Waals surface area contributed by atoms with E-state index in [1.54, 1.807) is 0 Å². The Morgan fingerprint density at radius 3 is 2.43 bits per heavy atom. The Balaban J connectivity index is 2.14. The van der Waals surface area contributed by atoms with Crippen LogP contribution >= 0.6 is 27.5 Å². The van der Waals surface area contributed by atoms with Crippen LogP contribution in [0.5, 0.6) is 0 Å². The highest BCUT2D eigenvalue weighted by molar-refractivity contribution is 9.10. The maximum absolute atomic E-state index is 5.99. The molecule has 0 saturated heterocycles. The van der Waals surface area contributed by atoms with Crippen molar-refractivity contribution in [1.29, 1.82) is 0 Å². The number of benzene rings is 1. The summed E-state index contributed by atoms with van der Waals surface area (Å²) in [6, 6.07) is 12.7. The summed E-state index contributed by atoms with van der Waals surface area (Å²) in [5.41, 5.74) is 2.39. The molecule has 1 aromatic heterocycles. The molecular formula is C17H20BrClN2. The first-order valence-electron chi connectivity index (χ1n) is 7.14. The van der Waals surface area contributed by atoms with Crippen molar-refractivity contribution in [3.05, 3.63) is 63.3 Å². The molecule has 1 heterocycles. The molecule has 1 N–H and O–H groups in total. The molecule has 0 amide bonds. The van der Waals surface area contributed by atoms with Gasteiger partial charge in [0.25, 0.3) is 0 Å². The maximum atomic E-state index is 5.99. The van der Waals surface area contributed by atoms with Gasteiger partial charge in [-0.2, -0.15) is 0 Å². The zero-order chi connectivity index (χ0) is 15.2. The lowest BCUT2D eigenvalue weighted by molar-refractivity contribution is 0.524. The van der Waals surface area contributed by atoms with Crippen LogP contribution in [0.4, 0.5) is 0 Å². The van der Waals surface area contributed by atoms with E-state index in [1.807, 2.05) is 24.4 Å². The summed E-state index contributed by atoms with van der Waals surface area (Å²) in [6.45, 7) is 5.25. The van der Waals surface area contributed by atoms with Crippen molar-refractivity contribution in [2.45, 2.75) is 32.2 Å². The smallest absolute Gasteiger partial charge is 0.0413 e. The summed E-state index contributed by atoms with van der Waals surface area (Å²) in [7, 11) is 0. The van der Waals surface area contributed by atoms with Gasteiger partial charge >= 0.3 is 0 Å². The lowest BCUT2D eigenvalue weighted by Gasteiger charge is -2.19. The van der Waals surface area contributed by atoms with Crippen LogP contribution in [0.2, 0.25) is 5.02 Å². The number of nitrogens with zero attached hydrogens (tertiary/aromatic N) is 1. The Bertz CT molecular complexity index is 552. The number of rotatable bonds is 6. The third kappa shape index (κ3) is 5.42. The highest BCUT2D eigenvalue weighted by Crippen LogP contribution is 2.22. The van der Waals surface area contributed by atoms with E-state index in [9.17, 15) is 0 Å². The van der Waals surface area contributed by atoms with Crippen LogP contribution in [-0.2, 0) is 6.42 Å². The van der Waals surface area contributed by atoms with Crippen molar-refractivity contribution in [3.63, 3.8) is 0 Å². The van der Waals surface area contributed by atoms with Gasteiger partial charge in [0.1, 0.15) is 0 Å². The van der Waals surface area contributed by atoms with Crippen LogP contribution in [0.25, 0.3) is 0 Å². The fourth-order valence-electron chi connectivity index (χ4n) is 2.20. The van der Waals surface area contributed by atoms with E-state index in [4.69, 9.17) is 11.6 Å². The van der Waals surface area contributed by atoms with E-state index in [-0.39, 0.29) is 0 Å². The van der Waals surface area contributed by atoms with Gasteiger partial charge in [-0.1, -0.05) is 37.6 Å². The molecule has 0 aliphatic heterocycles. The summed E-state index contributed by atoms with van der Waals surface area (Å²) in [5, 5.41) is 4.29. The summed E-state index contributed by atoms with van der Waals surface area (Å²) < 4.78 is 1.01. The first-order chi connectivity index (χ1) is 10.0. The molecular weight excluding hydrogens is 348 g/mol.